The molecule has 0 saturated heterocycles. The standard InChI is InChI=1S/C21H27O2Si2.2ClH.Zr/c1-24(2,3)23-13-12-22-18-11-7-9-16(18)17-10-6-8-15-14-19-21(20(15)17)25(19,4)5;;;/h6-8,10-11,14H,9,12-13H2,1-5H3;2*1H;/q;;;+2/p-2. The van der Waals surface area contributed by atoms with E-state index in [0.717, 1.165) is 12.2 Å². The van der Waals surface area contributed by atoms with E-state index in [1.807, 2.05) is 5.20 Å². The topological polar surface area (TPSA) is 18.5 Å². The fourth-order valence-corrected chi connectivity index (χ4v) is 12.8. The van der Waals surface area contributed by atoms with Crippen LogP contribution in [0.25, 0.3) is 10.8 Å². The first-order valence-corrected chi connectivity index (χ1v) is 17.3. The summed E-state index contributed by atoms with van der Waals surface area (Å²) < 4.78 is 12.8. The largest absolute Gasteiger partial charge is 1.00 e. The fraction of sp³-hybridized carbons (Fsp3) is 0.429. The van der Waals surface area contributed by atoms with E-state index in [4.69, 9.17) is 9.16 Å². The van der Waals surface area contributed by atoms with Crippen molar-refractivity contribution in [3.8, 4) is 0 Å². The Kier molecular flexibility index (Phi) is 7.56. The van der Waals surface area contributed by atoms with Gasteiger partial charge >= 0.3 is 175 Å². The molecule has 1 unspecified atom stereocenters. The molecule has 149 valence electrons. The summed E-state index contributed by atoms with van der Waals surface area (Å²) >= 11 is 1.64. The minimum atomic E-state index is -1.47. The Morgan fingerprint density at radius 1 is 1.14 bits per heavy atom. The van der Waals surface area contributed by atoms with Crippen LogP contribution in [-0.4, -0.2) is 29.6 Å². The molecule has 0 fully saturated rings. The molecule has 0 amide bonds. The van der Waals surface area contributed by atoms with Gasteiger partial charge in [-0.2, -0.15) is 0 Å². The minimum absolute atomic E-state index is 0. The zero-order valence-corrected chi connectivity index (χ0v) is 23.1. The second-order valence-corrected chi connectivity index (χ2v) is 19.1. The molecule has 1 heterocycles. The summed E-state index contributed by atoms with van der Waals surface area (Å²) in [6, 6.07) is 6.90. The monoisotopic (exact) mass is 527 g/mol. The Morgan fingerprint density at radius 2 is 1.86 bits per heavy atom. The van der Waals surface area contributed by atoms with Crippen molar-refractivity contribution in [1.82, 2.24) is 0 Å². The van der Waals surface area contributed by atoms with Gasteiger partial charge in [0.2, 0.25) is 0 Å². The Hall–Kier alpha value is 0.0969. The Morgan fingerprint density at radius 3 is 2.54 bits per heavy atom. The molecular formula is C21H27Cl2O2Si2Zr. The third kappa shape index (κ3) is 4.26. The van der Waals surface area contributed by atoms with Gasteiger partial charge in [-0.1, -0.05) is 0 Å². The van der Waals surface area contributed by atoms with Gasteiger partial charge < -0.3 is 24.8 Å². The minimum Gasteiger partial charge on any atom is -1.00 e. The van der Waals surface area contributed by atoms with E-state index in [2.05, 4.69) is 63.1 Å². The van der Waals surface area contributed by atoms with E-state index in [9.17, 15) is 0 Å². The van der Waals surface area contributed by atoms with Gasteiger partial charge in [-0.05, 0) is 0 Å². The van der Waals surface area contributed by atoms with Gasteiger partial charge in [-0.3, -0.25) is 0 Å². The van der Waals surface area contributed by atoms with E-state index in [1.165, 1.54) is 11.1 Å². The molecule has 0 spiro atoms. The molecule has 0 bridgehead atoms. The zero-order valence-electron chi connectivity index (χ0n) is 17.2. The van der Waals surface area contributed by atoms with Gasteiger partial charge in [0.25, 0.3) is 0 Å². The molecular weight excluding hydrogens is 503 g/mol. The fourth-order valence-electron chi connectivity index (χ4n) is 4.31. The normalized spacial score (nSPS) is 21.2. The summed E-state index contributed by atoms with van der Waals surface area (Å²) in [6.07, 6.45) is 5.36. The van der Waals surface area contributed by atoms with Crippen LogP contribution in [0, 0.1) is 0 Å². The molecule has 0 aromatic heterocycles. The number of fused-ring (bicyclic) bond motifs is 2. The Balaban J connectivity index is 0.00000140. The second kappa shape index (κ2) is 8.68. The first-order valence-electron chi connectivity index (χ1n) is 9.48. The maximum absolute atomic E-state index is 6.14. The number of rotatable bonds is 6. The number of allylic oxidation sites excluding steroid dienone is 4. The van der Waals surface area contributed by atoms with Crippen molar-refractivity contribution in [2.45, 2.75) is 42.8 Å². The molecule has 3 aliphatic rings. The number of hydrogen-bond acceptors (Lipinski definition) is 2. The quantitative estimate of drug-likeness (QED) is 0.362. The zero-order chi connectivity index (χ0) is 18.7. The van der Waals surface area contributed by atoms with E-state index in [-0.39, 0.29) is 24.8 Å². The molecule has 2 nitrogen and oxygen atoms in total. The first-order chi connectivity index (χ1) is 12.2. The summed E-state index contributed by atoms with van der Waals surface area (Å²) in [6.45, 7) is 13.0. The van der Waals surface area contributed by atoms with Crippen LogP contribution in [0.15, 0.2) is 41.3 Å². The summed E-state index contributed by atoms with van der Waals surface area (Å²) in [5, 5.41) is 3.56. The van der Waals surface area contributed by atoms with Crippen LogP contribution in [0.5, 0.6) is 0 Å². The van der Waals surface area contributed by atoms with Crippen LogP contribution in [0.2, 0.25) is 32.7 Å². The number of hydrogen-bond donors (Lipinski definition) is 0. The van der Waals surface area contributed by atoms with E-state index in [0.29, 0.717) is 16.8 Å². The van der Waals surface area contributed by atoms with Gasteiger partial charge in [-0.25, -0.2) is 0 Å². The van der Waals surface area contributed by atoms with Crippen molar-refractivity contribution in [3.63, 3.8) is 0 Å². The van der Waals surface area contributed by atoms with Crippen molar-refractivity contribution in [1.29, 1.82) is 0 Å². The van der Waals surface area contributed by atoms with Crippen LogP contribution in [0.3, 0.4) is 0 Å². The summed E-state index contributed by atoms with van der Waals surface area (Å²) in [4.78, 5) is 0. The molecule has 7 heteroatoms. The molecule has 0 radical (unpaired) electrons. The van der Waals surface area contributed by atoms with Gasteiger partial charge in [0.05, 0.1) is 0 Å². The molecule has 0 N–H and O–H groups in total. The molecule has 1 atom stereocenters. The van der Waals surface area contributed by atoms with Crippen molar-refractivity contribution in [2.24, 2.45) is 0 Å². The van der Waals surface area contributed by atoms with Crippen molar-refractivity contribution in [2.75, 3.05) is 13.2 Å². The number of benzene rings is 1. The molecule has 28 heavy (non-hydrogen) atoms. The second-order valence-electron chi connectivity index (χ2n) is 8.88. The maximum atomic E-state index is 6.14. The van der Waals surface area contributed by atoms with Crippen molar-refractivity contribution in [3.05, 3.63) is 58.0 Å². The first kappa shape index (κ1) is 24.4. The maximum Gasteiger partial charge on any atom is -1.00 e. The summed E-state index contributed by atoms with van der Waals surface area (Å²) in [5.41, 5.74) is 5.92. The van der Waals surface area contributed by atoms with Gasteiger partial charge in [0, 0.05) is 0 Å². The SMILES string of the molecule is C[Si](C)(C)OCCOC1=C(c2cccc3c2C2=C([CH]3[Zr+2])[Si]2(C)C)CC=C1.[Cl-].[Cl-]. The Labute approximate surface area is 198 Å². The molecule has 1 aromatic rings. The average molecular weight is 530 g/mol. The van der Waals surface area contributed by atoms with Gasteiger partial charge in [-0.15, -0.1) is 0 Å². The average Bonchev–Trinajstić information content (AvgIpc) is 2.91. The van der Waals surface area contributed by atoms with Crippen LogP contribution in [0.1, 0.15) is 26.7 Å². The smallest absolute Gasteiger partial charge is 1.00 e. The predicted octanol–water partition coefficient (Wildman–Crippen LogP) is -0.611. The molecule has 1 aliphatic heterocycles. The van der Waals surface area contributed by atoms with E-state index < -0.39 is 16.4 Å². The third-order valence-corrected chi connectivity index (χ3v) is 12.2. The number of ether oxygens (including phenoxy) is 1. The molecule has 0 saturated carbocycles. The van der Waals surface area contributed by atoms with E-state index >= 15 is 0 Å². The Bertz CT molecular complexity index is 870. The third-order valence-electron chi connectivity index (χ3n) is 5.54. The van der Waals surface area contributed by atoms with Crippen molar-refractivity contribution >= 4 is 27.2 Å². The predicted molar refractivity (Wildman–Crippen MR) is 110 cm³/mol. The van der Waals surface area contributed by atoms with Crippen molar-refractivity contribution < 1.29 is 58.7 Å². The summed E-state index contributed by atoms with van der Waals surface area (Å²) in [5.74, 6) is 1.05. The van der Waals surface area contributed by atoms with Crippen LogP contribution >= 0.6 is 0 Å². The van der Waals surface area contributed by atoms with Gasteiger partial charge in [0.1, 0.15) is 0 Å². The molecule has 4 rings (SSSR count). The molecule has 2 aliphatic carbocycles. The molecule has 1 aromatic carbocycles. The van der Waals surface area contributed by atoms with Crippen LogP contribution < -0.4 is 24.8 Å². The van der Waals surface area contributed by atoms with Crippen LogP contribution in [0.4, 0.5) is 0 Å². The summed E-state index contributed by atoms with van der Waals surface area (Å²) in [7, 11) is -2.69. The van der Waals surface area contributed by atoms with Crippen LogP contribution in [-0.2, 0) is 33.9 Å². The van der Waals surface area contributed by atoms with E-state index in [1.54, 1.807) is 41.0 Å². The van der Waals surface area contributed by atoms with Gasteiger partial charge in [0.15, 0.2) is 0 Å². The number of halogens is 2.